The zero-order chi connectivity index (χ0) is 8.97. The van der Waals surface area contributed by atoms with Gasteiger partial charge in [0.2, 0.25) is 0 Å². The first-order valence-corrected chi connectivity index (χ1v) is 3.82. The van der Waals surface area contributed by atoms with E-state index in [1.54, 1.807) is 12.3 Å². The summed E-state index contributed by atoms with van der Waals surface area (Å²) in [6.07, 6.45) is 3.40. The molecule has 0 amide bonds. The van der Waals surface area contributed by atoms with Crippen molar-refractivity contribution < 1.29 is 0 Å². The van der Waals surface area contributed by atoms with Crippen molar-refractivity contribution in [2.45, 2.75) is 6.04 Å². The van der Waals surface area contributed by atoms with Gasteiger partial charge in [0.25, 0.3) is 0 Å². The fourth-order valence-corrected chi connectivity index (χ4v) is 1.04. The van der Waals surface area contributed by atoms with E-state index in [0.717, 1.165) is 11.3 Å². The molecule has 1 heterocycles. The van der Waals surface area contributed by atoms with E-state index in [0.29, 0.717) is 6.54 Å². The average Bonchev–Trinajstić information content (AvgIpc) is 2.16. The Kier molecular flexibility index (Phi) is 2.96. The third-order valence-corrected chi connectivity index (χ3v) is 1.72. The Hall–Kier alpha value is -1.19. The number of pyridine rings is 1. The summed E-state index contributed by atoms with van der Waals surface area (Å²) in [6.45, 7) is 4.07. The second-order valence-electron chi connectivity index (χ2n) is 2.52. The van der Waals surface area contributed by atoms with Gasteiger partial charge in [-0.15, -0.1) is 0 Å². The molecule has 0 aliphatic carbocycles. The predicted octanol–water partition coefficient (Wildman–Crippen LogP) is 0.683. The van der Waals surface area contributed by atoms with Crippen LogP contribution in [0.25, 0.3) is 6.08 Å². The van der Waals surface area contributed by atoms with Gasteiger partial charge in [-0.25, -0.2) is 0 Å². The summed E-state index contributed by atoms with van der Waals surface area (Å²) in [4.78, 5) is 4.11. The van der Waals surface area contributed by atoms with Crippen LogP contribution in [0.5, 0.6) is 0 Å². The van der Waals surface area contributed by atoms with E-state index in [1.165, 1.54) is 0 Å². The molecule has 0 radical (unpaired) electrons. The van der Waals surface area contributed by atoms with Crippen LogP contribution >= 0.6 is 0 Å². The number of hydrogen-bond acceptors (Lipinski definition) is 3. The molecule has 0 saturated heterocycles. The molecule has 1 rings (SSSR count). The first-order valence-electron chi connectivity index (χ1n) is 3.82. The molecule has 3 nitrogen and oxygen atoms in total. The van der Waals surface area contributed by atoms with Crippen LogP contribution in [0.1, 0.15) is 17.3 Å². The summed E-state index contributed by atoms with van der Waals surface area (Å²) in [6, 6.07) is 3.62. The SMILES string of the molecule is C=Cc1ncccc1[C@H](N)CN. The van der Waals surface area contributed by atoms with Crippen molar-refractivity contribution in [1.82, 2.24) is 4.98 Å². The predicted molar refractivity (Wildman–Crippen MR) is 50.3 cm³/mol. The Morgan fingerprint density at radius 2 is 2.42 bits per heavy atom. The van der Waals surface area contributed by atoms with Crippen molar-refractivity contribution in [3.8, 4) is 0 Å². The molecule has 0 fully saturated rings. The van der Waals surface area contributed by atoms with Crippen LogP contribution in [0.2, 0.25) is 0 Å². The Morgan fingerprint density at radius 1 is 1.67 bits per heavy atom. The quantitative estimate of drug-likeness (QED) is 0.688. The number of hydrogen-bond donors (Lipinski definition) is 2. The maximum Gasteiger partial charge on any atom is 0.0671 e. The van der Waals surface area contributed by atoms with Gasteiger partial charge >= 0.3 is 0 Å². The largest absolute Gasteiger partial charge is 0.329 e. The molecular weight excluding hydrogens is 150 g/mol. The van der Waals surface area contributed by atoms with E-state index < -0.39 is 0 Å². The van der Waals surface area contributed by atoms with Gasteiger partial charge < -0.3 is 11.5 Å². The Labute approximate surface area is 72.1 Å². The van der Waals surface area contributed by atoms with E-state index in [-0.39, 0.29) is 6.04 Å². The second-order valence-corrected chi connectivity index (χ2v) is 2.52. The second kappa shape index (κ2) is 3.99. The molecule has 0 spiro atoms. The first-order chi connectivity index (χ1) is 5.79. The van der Waals surface area contributed by atoms with E-state index in [9.17, 15) is 0 Å². The van der Waals surface area contributed by atoms with Crippen LogP contribution in [0.15, 0.2) is 24.9 Å². The van der Waals surface area contributed by atoms with Gasteiger partial charge in [-0.1, -0.05) is 12.6 Å². The molecule has 0 aliphatic rings. The lowest BCUT2D eigenvalue weighted by Crippen LogP contribution is -2.21. The summed E-state index contributed by atoms with van der Waals surface area (Å²) in [5.41, 5.74) is 13.0. The highest BCUT2D eigenvalue weighted by Crippen LogP contribution is 2.13. The lowest BCUT2D eigenvalue weighted by Gasteiger charge is -2.10. The topological polar surface area (TPSA) is 64.9 Å². The molecule has 0 bridgehead atoms. The van der Waals surface area contributed by atoms with Gasteiger partial charge in [0.15, 0.2) is 0 Å². The van der Waals surface area contributed by atoms with Crippen LogP contribution in [-0.4, -0.2) is 11.5 Å². The highest BCUT2D eigenvalue weighted by atomic mass is 14.7. The van der Waals surface area contributed by atoms with Crippen LogP contribution in [0, 0.1) is 0 Å². The van der Waals surface area contributed by atoms with Crippen LogP contribution < -0.4 is 11.5 Å². The Bertz CT molecular complexity index is 270. The van der Waals surface area contributed by atoms with Gasteiger partial charge in [0.1, 0.15) is 0 Å². The lowest BCUT2D eigenvalue weighted by atomic mass is 10.1. The third-order valence-electron chi connectivity index (χ3n) is 1.72. The van der Waals surface area contributed by atoms with Crippen LogP contribution in [0.3, 0.4) is 0 Å². The van der Waals surface area contributed by atoms with E-state index >= 15 is 0 Å². The Balaban J connectivity index is 3.04. The maximum atomic E-state index is 5.76. The minimum Gasteiger partial charge on any atom is -0.329 e. The summed E-state index contributed by atoms with van der Waals surface area (Å²) < 4.78 is 0. The third kappa shape index (κ3) is 1.69. The average molecular weight is 163 g/mol. The molecule has 0 unspecified atom stereocenters. The van der Waals surface area contributed by atoms with Gasteiger partial charge in [-0.3, -0.25) is 4.98 Å². The number of rotatable bonds is 3. The molecular formula is C9H13N3. The fraction of sp³-hybridized carbons (Fsp3) is 0.222. The van der Waals surface area contributed by atoms with Crippen LogP contribution in [0.4, 0.5) is 0 Å². The molecule has 12 heavy (non-hydrogen) atoms. The molecule has 0 aliphatic heterocycles. The summed E-state index contributed by atoms with van der Waals surface area (Å²) in [5.74, 6) is 0. The number of nitrogens with zero attached hydrogens (tertiary/aromatic N) is 1. The van der Waals surface area contributed by atoms with E-state index in [4.69, 9.17) is 11.5 Å². The van der Waals surface area contributed by atoms with Crippen molar-refractivity contribution >= 4 is 6.08 Å². The highest BCUT2D eigenvalue weighted by molar-refractivity contribution is 5.47. The van der Waals surface area contributed by atoms with Crippen LogP contribution in [-0.2, 0) is 0 Å². The van der Waals surface area contributed by atoms with E-state index in [2.05, 4.69) is 11.6 Å². The van der Waals surface area contributed by atoms with Crippen molar-refractivity contribution in [2.75, 3.05) is 6.54 Å². The molecule has 1 atom stereocenters. The summed E-state index contributed by atoms with van der Waals surface area (Å²) in [7, 11) is 0. The molecule has 1 aromatic rings. The molecule has 4 N–H and O–H groups in total. The molecule has 0 aromatic carbocycles. The van der Waals surface area contributed by atoms with E-state index in [1.807, 2.05) is 12.1 Å². The summed E-state index contributed by atoms with van der Waals surface area (Å²) >= 11 is 0. The fourth-order valence-electron chi connectivity index (χ4n) is 1.04. The minimum atomic E-state index is -0.147. The molecule has 64 valence electrons. The zero-order valence-corrected chi connectivity index (χ0v) is 6.90. The standard InChI is InChI=1S/C9H13N3/c1-2-9-7(8(11)6-10)4-3-5-12-9/h2-5,8H,1,6,10-11H2/t8-/m1/s1. The van der Waals surface area contributed by atoms with Crippen molar-refractivity contribution in [3.05, 3.63) is 36.2 Å². The maximum absolute atomic E-state index is 5.76. The highest BCUT2D eigenvalue weighted by Gasteiger charge is 2.06. The van der Waals surface area contributed by atoms with Crippen molar-refractivity contribution in [2.24, 2.45) is 11.5 Å². The molecule has 1 aromatic heterocycles. The zero-order valence-electron chi connectivity index (χ0n) is 6.90. The van der Waals surface area contributed by atoms with Gasteiger partial charge in [0.05, 0.1) is 5.69 Å². The first kappa shape index (κ1) is 8.90. The van der Waals surface area contributed by atoms with Gasteiger partial charge in [-0.05, 0) is 17.7 Å². The number of aromatic nitrogens is 1. The van der Waals surface area contributed by atoms with Crippen molar-refractivity contribution in [1.29, 1.82) is 0 Å². The lowest BCUT2D eigenvalue weighted by molar-refractivity contribution is 0.731. The summed E-state index contributed by atoms with van der Waals surface area (Å²) in [5, 5.41) is 0. The normalized spacial score (nSPS) is 12.5. The Morgan fingerprint density at radius 3 is 3.00 bits per heavy atom. The van der Waals surface area contributed by atoms with Gasteiger partial charge in [0, 0.05) is 18.8 Å². The van der Waals surface area contributed by atoms with Gasteiger partial charge in [-0.2, -0.15) is 0 Å². The minimum absolute atomic E-state index is 0.147. The molecule has 3 heteroatoms. The van der Waals surface area contributed by atoms with Crippen molar-refractivity contribution in [3.63, 3.8) is 0 Å². The smallest absolute Gasteiger partial charge is 0.0671 e. The molecule has 0 saturated carbocycles. The number of nitrogens with two attached hydrogens (primary N) is 2. The monoisotopic (exact) mass is 163 g/mol.